The highest BCUT2D eigenvalue weighted by Gasteiger charge is 2.31. The molecule has 1 fully saturated rings. The maximum atomic E-state index is 13.2. The maximum Gasteiger partial charge on any atom is 0.254 e. The molecule has 1 saturated heterocycles. The van der Waals surface area contributed by atoms with Crippen molar-refractivity contribution in [1.82, 2.24) is 24.3 Å². The molecular weight excluding hydrogens is 500 g/mol. The van der Waals surface area contributed by atoms with Crippen LogP contribution in [0.3, 0.4) is 0 Å². The summed E-state index contributed by atoms with van der Waals surface area (Å²) in [6.07, 6.45) is 4.23. The number of carbonyl (C=O) groups is 2. The van der Waals surface area contributed by atoms with Crippen LogP contribution in [0.1, 0.15) is 28.4 Å². The summed E-state index contributed by atoms with van der Waals surface area (Å²) in [6.45, 7) is 5.68. The summed E-state index contributed by atoms with van der Waals surface area (Å²) in [5, 5.41) is 0.620. The number of pyridine rings is 1. The molecule has 9 heteroatoms. The van der Waals surface area contributed by atoms with Crippen LogP contribution in [0, 0.1) is 0 Å². The molecule has 2 aliphatic heterocycles. The first kappa shape index (κ1) is 24.4. The molecule has 0 spiro atoms. The zero-order chi connectivity index (χ0) is 26.2. The standard InChI is InChI=1S/C29H29ClN6O2/c1-20-16-33(14-15-36(20)27(37)18-35-19-32-25-5-3-12-31-28(25)35)26-6-2-4-21-11-13-34(17-24(21)26)29(38)22-7-9-23(30)10-8-22/h2-10,12,19-20H,11,13-18H2,1H3. The van der Waals surface area contributed by atoms with Crippen LogP contribution in [0.25, 0.3) is 11.2 Å². The number of carbonyl (C=O) groups excluding carboxylic acids is 2. The van der Waals surface area contributed by atoms with Crippen molar-refractivity contribution in [3.63, 3.8) is 0 Å². The highest BCUT2D eigenvalue weighted by atomic mass is 35.5. The predicted molar refractivity (Wildman–Crippen MR) is 147 cm³/mol. The van der Waals surface area contributed by atoms with E-state index in [2.05, 4.69) is 40.0 Å². The van der Waals surface area contributed by atoms with Crippen LogP contribution in [0.15, 0.2) is 67.1 Å². The minimum absolute atomic E-state index is 0.0208. The minimum atomic E-state index is 0.0208. The summed E-state index contributed by atoms with van der Waals surface area (Å²) in [5.74, 6) is 0.0874. The third kappa shape index (κ3) is 4.60. The molecule has 2 amide bonds. The molecule has 2 aromatic carbocycles. The predicted octanol–water partition coefficient (Wildman–Crippen LogP) is 4.02. The number of aromatic nitrogens is 3. The lowest BCUT2D eigenvalue weighted by molar-refractivity contribution is -0.134. The van der Waals surface area contributed by atoms with E-state index in [-0.39, 0.29) is 24.4 Å². The molecule has 1 unspecified atom stereocenters. The minimum Gasteiger partial charge on any atom is -0.367 e. The molecule has 4 heterocycles. The van der Waals surface area contributed by atoms with Gasteiger partial charge in [-0.25, -0.2) is 9.97 Å². The molecule has 0 N–H and O–H groups in total. The Morgan fingerprint density at radius 1 is 1.00 bits per heavy atom. The first-order valence-electron chi connectivity index (χ1n) is 12.9. The van der Waals surface area contributed by atoms with Gasteiger partial charge in [0.2, 0.25) is 5.91 Å². The summed E-state index contributed by atoms with van der Waals surface area (Å²) >= 11 is 6.01. The molecule has 2 aromatic heterocycles. The Morgan fingerprint density at radius 2 is 1.84 bits per heavy atom. The van der Waals surface area contributed by atoms with Gasteiger partial charge < -0.3 is 19.3 Å². The number of imidazole rings is 1. The third-order valence-corrected chi connectivity index (χ3v) is 7.85. The Kier molecular flexibility index (Phi) is 6.49. The number of benzene rings is 2. The van der Waals surface area contributed by atoms with Crippen molar-refractivity contribution in [1.29, 1.82) is 0 Å². The van der Waals surface area contributed by atoms with Crippen LogP contribution in [-0.4, -0.2) is 68.4 Å². The highest BCUT2D eigenvalue weighted by molar-refractivity contribution is 6.30. The lowest BCUT2D eigenvalue weighted by Crippen LogP contribution is -2.55. The fraction of sp³-hybridized carbons (Fsp3) is 0.310. The van der Waals surface area contributed by atoms with Gasteiger partial charge in [0.05, 0.1) is 6.33 Å². The van der Waals surface area contributed by atoms with Gasteiger partial charge in [-0.05, 0) is 66.9 Å². The fourth-order valence-electron chi connectivity index (χ4n) is 5.60. The van der Waals surface area contributed by atoms with Crippen molar-refractivity contribution in [2.75, 3.05) is 31.1 Å². The molecule has 0 radical (unpaired) electrons. The summed E-state index contributed by atoms with van der Waals surface area (Å²) in [4.78, 5) is 41.4. The van der Waals surface area contributed by atoms with E-state index < -0.39 is 0 Å². The van der Waals surface area contributed by atoms with Crippen LogP contribution in [0.2, 0.25) is 5.02 Å². The van der Waals surface area contributed by atoms with E-state index in [1.165, 1.54) is 11.1 Å². The lowest BCUT2D eigenvalue weighted by Gasteiger charge is -2.42. The van der Waals surface area contributed by atoms with Gasteiger partial charge >= 0.3 is 0 Å². The summed E-state index contributed by atoms with van der Waals surface area (Å²) in [6, 6.07) is 17.3. The summed E-state index contributed by atoms with van der Waals surface area (Å²) in [5.41, 5.74) is 5.80. The zero-order valence-corrected chi connectivity index (χ0v) is 22.0. The smallest absolute Gasteiger partial charge is 0.254 e. The zero-order valence-electron chi connectivity index (χ0n) is 21.3. The van der Waals surface area contributed by atoms with Gasteiger partial charge in [-0.15, -0.1) is 0 Å². The number of fused-ring (bicyclic) bond motifs is 2. The first-order chi connectivity index (χ1) is 18.5. The SMILES string of the molecule is CC1CN(c2cccc3c2CN(C(=O)c2ccc(Cl)cc2)CC3)CCN1C(=O)Cn1cnc2cccnc21. The van der Waals surface area contributed by atoms with Crippen molar-refractivity contribution < 1.29 is 9.59 Å². The molecule has 38 heavy (non-hydrogen) atoms. The molecule has 0 saturated carbocycles. The highest BCUT2D eigenvalue weighted by Crippen LogP contribution is 2.31. The van der Waals surface area contributed by atoms with E-state index in [0.29, 0.717) is 30.2 Å². The molecule has 1 atom stereocenters. The number of hydrogen-bond donors (Lipinski definition) is 0. The number of hydrogen-bond acceptors (Lipinski definition) is 5. The van der Waals surface area contributed by atoms with E-state index in [0.717, 1.165) is 36.4 Å². The summed E-state index contributed by atoms with van der Waals surface area (Å²) < 4.78 is 1.82. The van der Waals surface area contributed by atoms with Gasteiger partial charge in [-0.3, -0.25) is 9.59 Å². The fourth-order valence-corrected chi connectivity index (χ4v) is 5.73. The first-order valence-corrected chi connectivity index (χ1v) is 13.3. The molecule has 0 aliphatic carbocycles. The monoisotopic (exact) mass is 528 g/mol. The van der Waals surface area contributed by atoms with Crippen molar-refractivity contribution in [2.24, 2.45) is 0 Å². The van der Waals surface area contributed by atoms with Crippen molar-refractivity contribution in [3.8, 4) is 0 Å². The Bertz CT molecular complexity index is 1500. The van der Waals surface area contributed by atoms with Crippen LogP contribution < -0.4 is 4.90 Å². The molecular formula is C29H29ClN6O2. The van der Waals surface area contributed by atoms with Crippen LogP contribution in [-0.2, 0) is 24.3 Å². The second kappa shape index (κ2) is 10.1. The van der Waals surface area contributed by atoms with Gasteiger partial charge in [0.1, 0.15) is 12.1 Å². The third-order valence-electron chi connectivity index (χ3n) is 7.60. The Hall–Kier alpha value is -3.91. The number of rotatable bonds is 4. The molecule has 0 bridgehead atoms. The Balaban J connectivity index is 1.16. The average molecular weight is 529 g/mol. The van der Waals surface area contributed by atoms with Crippen molar-refractivity contribution in [2.45, 2.75) is 32.5 Å². The van der Waals surface area contributed by atoms with Gasteiger partial charge in [-0.1, -0.05) is 23.7 Å². The normalized spacial score (nSPS) is 17.5. The second-order valence-electron chi connectivity index (χ2n) is 10.00. The quantitative estimate of drug-likeness (QED) is 0.400. The molecule has 6 rings (SSSR count). The van der Waals surface area contributed by atoms with Crippen LogP contribution in [0.5, 0.6) is 0 Å². The largest absolute Gasteiger partial charge is 0.367 e. The van der Waals surface area contributed by atoms with Gasteiger partial charge in [0, 0.05) is 61.2 Å². The number of anilines is 1. The van der Waals surface area contributed by atoms with E-state index in [9.17, 15) is 9.59 Å². The number of piperazine rings is 1. The molecule has 8 nitrogen and oxygen atoms in total. The second-order valence-corrected chi connectivity index (χ2v) is 10.4. The lowest BCUT2D eigenvalue weighted by atomic mass is 9.96. The summed E-state index contributed by atoms with van der Waals surface area (Å²) in [7, 11) is 0. The van der Waals surface area contributed by atoms with E-state index >= 15 is 0 Å². The Labute approximate surface area is 226 Å². The van der Waals surface area contributed by atoms with Crippen molar-refractivity contribution >= 4 is 40.3 Å². The molecule has 2 aliphatic rings. The number of nitrogens with zero attached hydrogens (tertiary/aromatic N) is 6. The van der Waals surface area contributed by atoms with Crippen molar-refractivity contribution in [3.05, 3.63) is 88.8 Å². The Morgan fingerprint density at radius 3 is 2.66 bits per heavy atom. The van der Waals surface area contributed by atoms with E-state index in [4.69, 9.17) is 11.6 Å². The molecule has 194 valence electrons. The topological polar surface area (TPSA) is 74.6 Å². The van der Waals surface area contributed by atoms with E-state index in [1.54, 1.807) is 36.8 Å². The van der Waals surface area contributed by atoms with Gasteiger partial charge in [0.15, 0.2) is 5.65 Å². The van der Waals surface area contributed by atoms with Crippen LogP contribution >= 0.6 is 11.6 Å². The maximum absolute atomic E-state index is 13.2. The average Bonchev–Trinajstić information content (AvgIpc) is 3.35. The van der Waals surface area contributed by atoms with E-state index in [1.807, 2.05) is 26.5 Å². The van der Waals surface area contributed by atoms with Gasteiger partial charge in [-0.2, -0.15) is 0 Å². The number of halogens is 1. The number of amides is 2. The molecule has 4 aromatic rings. The van der Waals surface area contributed by atoms with Crippen LogP contribution in [0.4, 0.5) is 5.69 Å². The van der Waals surface area contributed by atoms with Gasteiger partial charge in [0.25, 0.3) is 5.91 Å².